The van der Waals surface area contributed by atoms with Gasteiger partial charge in [-0.25, -0.2) is 23.4 Å². The number of aromatic amines is 1. The SMILES string of the molecule is C[C@@H]1COCCN1c1cc(N2CCCCS2(=O)=O)nc(-c2ccnc3[nH]ccc23)n1. The Labute approximate surface area is 175 Å². The fourth-order valence-electron chi connectivity index (χ4n) is 4.09. The third-order valence-electron chi connectivity index (χ3n) is 5.67. The van der Waals surface area contributed by atoms with Gasteiger partial charge in [-0.05, 0) is 31.9 Å². The van der Waals surface area contributed by atoms with Crippen LogP contribution in [0.3, 0.4) is 0 Å². The lowest BCUT2D eigenvalue weighted by Crippen LogP contribution is -2.44. The molecule has 0 bridgehead atoms. The van der Waals surface area contributed by atoms with Crippen LogP contribution in [0.15, 0.2) is 30.6 Å². The monoisotopic (exact) mass is 428 g/mol. The Kier molecular flexibility index (Phi) is 4.82. The van der Waals surface area contributed by atoms with Crippen LogP contribution in [0.4, 0.5) is 11.6 Å². The van der Waals surface area contributed by atoms with E-state index < -0.39 is 10.0 Å². The van der Waals surface area contributed by atoms with Crippen LogP contribution in [0, 0.1) is 0 Å². The summed E-state index contributed by atoms with van der Waals surface area (Å²) >= 11 is 0. The summed E-state index contributed by atoms with van der Waals surface area (Å²) in [6.07, 6.45) is 5.03. The highest BCUT2D eigenvalue weighted by Crippen LogP contribution is 2.31. The van der Waals surface area contributed by atoms with Crippen LogP contribution in [0.2, 0.25) is 0 Å². The van der Waals surface area contributed by atoms with E-state index in [9.17, 15) is 8.42 Å². The maximum absolute atomic E-state index is 12.8. The smallest absolute Gasteiger partial charge is 0.236 e. The number of anilines is 2. The number of aromatic nitrogens is 4. The van der Waals surface area contributed by atoms with Gasteiger partial charge in [-0.2, -0.15) is 0 Å². The van der Waals surface area contributed by atoms with Gasteiger partial charge in [-0.15, -0.1) is 0 Å². The zero-order valence-electron chi connectivity index (χ0n) is 16.8. The molecule has 0 aromatic carbocycles. The first kappa shape index (κ1) is 19.3. The maximum atomic E-state index is 12.8. The topological polar surface area (TPSA) is 104 Å². The van der Waals surface area contributed by atoms with Crippen molar-refractivity contribution in [2.24, 2.45) is 0 Å². The molecule has 5 rings (SSSR count). The minimum absolute atomic E-state index is 0.136. The molecule has 0 saturated carbocycles. The van der Waals surface area contributed by atoms with Gasteiger partial charge in [0.15, 0.2) is 5.82 Å². The summed E-state index contributed by atoms with van der Waals surface area (Å²) in [6, 6.07) is 5.73. The molecule has 5 heterocycles. The Hall–Kier alpha value is -2.72. The van der Waals surface area contributed by atoms with Crippen LogP contribution in [0.25, 0.3) is 22.4 Å². The second-order valence-corrected chi connectivity index (χ2v) is 9.73. The van der Waals surface area contributed by atoms with E-state index in [0.29, 0.717) is 50.2 Å². The Morgan fingerprint density at radius 1 is 1.17 bits per heavy atom. The highest BCUT2D eigenvalue weighted by atomic mass is 32.2. The average Bonchev–Trinajstić information content (AvgIpc) is 3.22. The molecule has 3 aromatic heterocycles. The number of hydrogen-bond donors (Lipinski definition) is 1. The fourth-order valence-corrected chi connectivity index (χ4v) is 5.66. The number of nitrogens with zero attached hydrogens (tertiary/aromatic N) is 5. The Balaban J connectivity index is 1.68. The van der Waals surface area contributed by atoms with Crippen LogP contribution in [0.5, 0.6) is 0 Å². The van der Waals surface area contributed by atoms with Gasteiger partial charge in [-0.3, -0.25) is 4.31 Å². The van der Waals surface area contributed by atoms with E-state index in [1.165, 1.54) is 4.31 Å². The molecular formula is C20H24N6O3S. The van der Waals surface area contributed by atoms with Gasteiger partial charge in [-0.1, -0.05) is 0 Å². The number of rotatable bonds is 3. The van der Waals surface area contributed by atoms with Crippen molar-refractivity contribution in [3.05, 3.63) is 30.6 Å². The molecule has 2 aliphatic heterocycles. The second kappa shape index (κ2) is 7.51. The molecule has 0 amide bonds. The van der Waals surface area contributed by atoms with Gasteiger partial charge >= 0.3 is 0 Å². The molecule has 0 aliphatic carbocycles. The van der Waals surface area contributed by atoms with Crippen molar-refractivity contribution >= 4 is 32.7 Å². The van der Waals surface area contributed by atoms with Crippen molar-refractivity contribution in [3.8, 4) is 11.4 Å². The summed E-state index contributed by atoms with van der Waals surface area (Å²) in [4.78, 5) is 19.2. The van der Waals surface area contributed by atoms with Gasteiger partial charge in [0.25, 0.3) is 0 Å². The van der Waals surface area contributed by atoms with Crippen LogP contribution >= 0.6 is 0 Å². The second-order valence-electron chi connectivity index (χ2n) is 7.72. The molecule has 0 radical (unpaired) electrons. The highest BCUT2D eigenvalue weighted by Gasteiger charge is 2.30. The van der Waals surface area contributed by atoms with Crippen molar-refractivity contribution in [2.45, 2.75) is 25.8 Å². The molecule has 30 heavy (non-hydrogen) atoms. The van der Waals surface area contributed by atoms with E-state index in [1.807, 2.05) is 18.3 Å². The minimum Gasteiger partial charge on any atom is -0.377 e. The van der Waals surface area contributed by atoms with E-state index in [-0.39, 0.29) is 11.8 Å². The number of hydrogen-bond acceptors (Lipinski definition) is 7. The van der Waals surface area contributed by atoms with Crippen molar-refractivity contribution < 1.29 is 13.2 Å². The first-order valence-corrected chi connectivity index (χ1v) is 11.8. The zero-order chi connectivity index (χ0) is 20.7. The first-order chi connectivity index (χ1) is 14.5. The molecule has 3 aromatic rings. The zero-order valence-corrected chi connectivity index (χ0v) is 17.6. The lowest BCUT2D eigenvalue weighted by atomic mass is 10.1. The average molecular weight is 429 g/mol. The molecule has 2 aliphatic rings. The first-order valence-electron chi connectivity index (χ1n) is 10.2. The van der Waals surface area contributed by atoms with Crippen LogP contribution in [-0.2, 0) is 14.8 Å². The Morgan fingerprint density at radius 2 is 2.03 bits per heavy atom. The number of morpholine rings is 1. The van der Waals surface area contributed by atoms with E-state index >= 15 is 0 Å². The maximum Gasteiger partial charge on any atom is 0.236 e. The van der Waals surface area contributed by atoms with E-state index in [2.05, 4.69) is 21.8 Å². The van der Waals surface area contributed by atoms with E-state index in [4.69, 9.17) is 14.7 Å². The molecule has 158 valence electrons. The fraction of sp³-hybridized carbons (Fsp3) is 0.450. The normalized spacial score (nSPS) is 21.8. The van der Waals surface area contributed by atoms with Crippen LogP contribution in [-0.4, -0.2) is 66.5 Å². The van der Waals surface area contributed by atoms with Gasteiger partial charge in [0, 0.05) is 42.5 Å². The lowest BCUT2D eigenvalue weighted by molar-refractivity contribution is 0.0985. The van der Waals surface area contributed by atoms with Crippen molar-refractivity contribution in [3.63, 3.8) is 0 Å². The molecule has 1 atom stereocenters. The van der Waals surface area contributed by atoms with Crippen molar-refractivity contribution in [1.29, 1.82) is 0 Å². The Morgan fingerprint density at radius 3 is 2.87 bits per heavy atom. The van der Waals surface area contributed by atoms with Crippen molar-refractivity contribution in [2.75, 3.05) is 41.3 Å². The predicted molar refractivity (Wildman–Crippen MR) is 115 cm³/mol. The number of H-pyrrole nitrogens is 1. The number of pyridine rings is 1. The standard InChI is InChI=1S/C20H24N6O3S/c1-14-13-29-10-9-25(14)17-12-18(26-8-2-3-11-30(26,27)28)24-20(23-17)16-5-7-22-19-15(16)4-6-21-19/h4-7,12,14H,2-3,8-11,13H2,1H3,(H,21,22)/t14-/m1/s1. The largest absolute Gasteiger partial charge is 0.377 e. The third kappa shape index (κ3) is 3.39. The van der Waals surface area contributed by atoms with Crippen LogP contribution < -0.4 is 9.21 Å². The van der Waals surface area contributed by atoms with Gasteiger partial charge in [0.2, 0.25) is 10.0 Å². The van der Waals surface area contributed by atoms with E-state index in [1.54, 1.807) is 12.3 Å². The minimum atomic E-state index is -3.39. The summed E-state index contributed by atoms with van der Waals surface area (Å²) in [6.45, 7) is 4.42. The molecule has 10 heteroatoms. The number of nitrogens with one attached hydrogen (secondary N) is 1. The van der Waals surface area contributed by atoms with Crippen LogP contribution in [0.1, 0.15) is 19.8 Å². The van der Waals surface area contributed by atoms with E-state index in [0.717, 1.165) is 23.0 Å². The molecule has 0 unspecified atom stereocenters. The molecule has 2 saturated heterocycles. The third-order valence-corrected chi connectivity index (χ3v) is 7.51. The van der Waals surface area contributed by atoms with Crippen molar-refractivity contribution in [1.82, 2.24) is 19.9 Å². The Bertz CT molecular complexity index is 1180. The molecule has 0 spiro atoms. The highest BCUT2D eigenvalue weighted by molar-refractivity contribution is 7.92. The molecular weight excluding hydrogens is 404 g/mol. The number of ether oxygens (including phenoxy) is 1. The van der Waals surface area contributed by atoms with Gasteiger partial charge in [0.05, 0.1) is 25.0 Å². The van der Waals surface area contributed by atoms with Gasteiger partial charge in [0.1, 0.15) is 17.3 Å². The summed E-state index contributed by atoms with van der Waals surface area (Å²) < 4.78 is 32.5. The predicted octanol–water partition coefficient (Wildman–Crippen LogP) is 2.17. The summed E-state index contributed by atoms with van der Waals surface area (Å²) in [5.74, 6) is 1.78. The summed E-state index contributed by atoms with van der Waals surface area (Å²) in [5.41, 5.74) is 1.56. The van der Waals surface area contributed by atoms with Gasteiger partial charge < -0.3 is 14.6 Å². The molecule has 1 N–H and O–H groups in total. The number of fused-ring (bicyclic) bond motifs is 1. The summed E-state index contributed by atoms with van der Waals surface area (Å²) in [7, 11) is -3.39. The summed E-state index contributed by atoms with van der Waals surface area (Å²) in [5, 5.41) is 0.900. The quantitative estimate of drug-likeness (QED) is 0.682. The number of sulfonamides is 1. The molecule has 2 fully saturated rings. The molecule has 9 nitrogen and oxygen atoms in total. The lowest BCUT2D eigenvalue weighted by Gasteiger charge is -2.35.